The molecule has 0 aliphatic carbocycles. The fraction of sp³-hybridized carbons (Fsp3) is 0.902. The van der Waals surface area contributed by atoms with Gasteiger partial charge in [-0.2, -0.15) is 0 Å². The summed E-state index contributed by atoms with van der Waals surface area (Å²) >= 11 is 2.14. The lowest BCUT2D eigenvalue weighted by Crippen LogP contribution is -2.40. The number of ether oxygens (including phenoxy) is 1. The van der Waals surface area contributed by atoms with Gasteiger partial charge in [0, 0.05) is 38.5 Å². The van der Waals surface area contributed by atoms with Gasteiger partial charge in [0.05, 0.1) is 13.2 Å². The highest BCUT2D eigenvalue weighted by atomic mass is 32.2. The van der Waals surface area contributed by atoms with Gasteiger partial charge in [0.2, 0.25) is 0 Å². The Morgan fingerprint density at radius 2 is 0.889 bits per heavy atom. The van der Waals surface area contributed by atoms with Gasteiger partial charge in [-0.25, -0.2) is 4.31 Å². The van der Waals surface area contributed by atoms with Crippen molar-refractivity contribution >= 4 is 11.9 Å². The Morgan fingerprint density at radius 1 is 0.489 bits per heavy atom. The first-order valence-corrected chi connectivity index (χ1v) is 21.3. The molecule has 266 valence electrons. The number of morpholine rings is 1. The van der Waals surface area contributed by atoms with E-state index in [0.717, 1.165) is 26.3 Å². The number of nitrogens with zero attached hydrogens (tertiary/aromatic N) is 2. The van der Waals surface area contributed by atoms with Crippen molar-refractivity contribution < 1.29 is 4.74 Å². The van der Waals surface area contributed by atoms with Crippen LogP contribution in [0, 0.1) is 0 Å². The summed E-state index contributed by atoms with van der Waals surface area (Å²) in [5, 5.41) is 0. The quantitative estimate of drug-likeness (QED) is 0.0386. The van der Waals surface area contributed by atoms with Crippen molar-refractivity contribution in [2.24, 2.45) is 0 Å². The van der Waals surface area contributed by atoms with Crippen LogP contribution in [0.15, 0.2) is 24.3 Å². The van der Waals surface area contributed by atoms with Crippen molar-refractivity contribution in [2.75, 3.05) is 51.7 Å². The molecule has 0 unspecified atom stereocenters. The number of hydrogen-bond donors (Lipinski definition) is 0. The zero-order valence-corrected chi connectivity index (χ0v) is 31.6. The van der Waals surface area contributed by atoms with E-state index < -0.39 is 0 Å². The van der Waals surface area contributed by atoms with Gasteiger partial charge in [-0.1, -0.05) is 159 Å². The lowest BCUT2D eigenvalue weighted by atomic mass is 10.1. The molecule has 45 heavy (non-hydrogen) atoms. The highest BCUT2D eigenvalue weighted by Crippen LogP contribution is 2.17. The van der Waals surface area contributed by atoms with Crippen molar-refractivity contribution in [2.45, 2.75) is 187 Å². The van der Waals surface area contributed by atoms with E-state index >= 15 is 0 Å². The van der Waals surface area contributed by atoms with Gasteiger partial charge in [-0.05, 0) is 64.2 Å². The molecule has 0 aromatic rings. The molecule has 0 radical (unpaired) electrons. The van der Waals surface area contributed by atoms with Crippen molar-refractivity contribution in [1.82, 2.24) is 9.21 Å². The third-order valence-corrected chi connectivity index (χ3v) is 10.6. The van der Waals surface area contributed by atoms with Crippen molar-refractivity contribution in [3.8, 4) is 0 Å². The highest BCUT2D eigenvalue weighted by Gasteiger charge is 2.13. The van der Waals surface area contributed by atoms with E-state index in [-0.39, 0.29) is 0 Å². The lowest BCUT2D eigenvalue weighted by Gasteiger charge is -2.29. The van der Waals surface area contributed by atoms with E-state index in [2.05, 4.69) is 59.3 Å². The minimum atomic E-state index is 0.914. The smallest absolute Gasteiger partial charge is 0.0594 e. The lowest BCUT2D eigenvalue weighted by molar-refractivity contribution is 0.0365. The van der Waals surface area contributed by atoms with E-state index in [1.54, 1.807) is 0 Å². The zero-order chi connectivity index (χ0) is 32.1. The molecule has 0 amide bonds. The van der Waals surface area contributed by atoms with Crippen LogP contribution in [0.5, 0.6) is 0 Å². The second-order valence-corrected chi connectivity index (χ2v) is 14.9. The van der Waals surface area contributed by atoms with E-state index in [1.807, 2.05) is 0 Å². The first kappa shape index (κ1) is 42.7. The van der Waals surface area contributed by atoms with Gasteiger partial charge in [-0.3, -0.25) is 4.90 Å². The van der Waals surface area contributed by atoms with Gasteiger partial charge in [0.1, 0.15) is 0 Å². The van der Waals surface area contributed by atoms with Crippen LogP contribution in [0.3, 0.4) is 0 Å². The third-order valence-electron chi connectivity index (χ3n) is 9.37. The van der Waals surface area contributed by atoms with Crippen LogP contribution in [-0.2, 0) is 4.74 Å². The fourth-order valence-corrected chi connectivity index (χ4v) is 7.28. The maximum absolute atomic E-state index is 5.57. The average molecular weight is 649 g/mol. The zero-order valence-electron chi connectivity index (χ0n) is 30.8. The van der Waals surface area contributed by atoms with E-state index in [0.29, 0.717) is 0 Å². The van der Waals surface area contributed by atoms with E-state index in [9.17, 15) is 0 Å². The second kappa shape index (κ2) is 36.5. The fourth-order valence-electron chi connectivity index (χ4n) is 6.22. The SMILES string of the molecule is CCCCCCCC/C=C\CCCCCCCCN(CCN1CCOCC1)SCCCCCCC/C=C\CCCCCCCC. The van der Waals surface area contributed by atoms with E-state index in [1.165, 1.54) is 199 Å². The van der Waals surface area contributed by atoms with Gasteiger partial charge in [0.25, 0.3) is 0 Å². The molecule has 0 spiro atoms. The summed E-state index contributed by atoms with van der Waals surface area (Å²) in [5.41, 5.74) is 0. The minimum absolute atomic E-state index is 0.914. The van der Waals surface area contributed by atoms with Crippen LogP contribution in [0.25, 0.3) is 0 Å². The maximum Gasteiger partial charge on any atom is 0.0594 e. The van der Waals surface area contributed by atoms with Crippen LogP contribution in [0.2, 0.25) is 0 Å². The average Bonchev–Trinajstić information content (AvgIpc) is 3.06. The molecule has 1 aliphatic rings. The van der Waals surface area contributed by atoms with Gasteiger partial charge < -0.3 is 4.74 Å². The Morgan fingerprint density at radius 3 is 1.36 bits per heavy atom. The van der Waals surface area contributed by atoms with Gasteiger partial charge >= 0.3 is 0 Å². The van der Waals surface area contributed by atoms with Crippen molar-refractivity contribution in [1.29, 1.82) is 0 Å². The number of hydrogen-bond acceptors (Lipinski definition) is 4. The monoisotopic (exact) mass is 649 g/mol. The predicted molar refractivity (Wildman–Crippen MR) is 206 cm³/mol. The number of rotatable bonds is 35. The van der Waals surface area contributed by atoms with E-state index in [4.69, 9.17) is 4.74 Å². The molecule has 0 saturated carbocycles. The summed E-state index contributed by atoms with van der Waals surface area (Å²) in [6, 6.07) is 0. The second-order valence-electron chi connectivity index (χ2n) is 13.7. The standard InChI is InChI=1S/C41H80N2OS/c1-3-5-7-9-11-13-15-17-19-20-22-24-26-28-30-32-34-43(36-35-42-37-39-44-40-38-42)45-41-33-31-29-27-25-23-21-18-16-14-12-10-8-6-4-2/h17-19,21H,3-16,20,22-41H2,1-2H3/b19-17-,21-18-. The van der Waals surface area contributed by atoms with Crippen molar-refractivity contribution in [3.05, 3.63) is 24.3 Å². The largest absolute Gasteiger partial charge is 0.379 e. The molecule has 4 heteroatoms. The summed E-state index contributed by atoms with van der Waals surface area (Å²) < 4.78 is 8.27. The molecule has 3 nitrogen and oxygen atoms in total. The molecule has 0 aromatic carbocycles. The Labute approximate surface area is 288 Å². The molecular formula is C41H80N2OS. The highest BCUT2D eigenvalue weighted by molar-refractivity contribution is 7.97. The Hall–Kier alpha value is -0.290. The van der Waals surface area contributed by atoms with Crippen LogP contribution in [-0.4, -0.2) is 60.9 Å². The molecule has 1 aliphatic heterocycles. The third kappa shape index (κ3) is 32.0. The van der Waals surface area contributed by atoms with Gasteiger partial charge in [-0.15, -0.1) is 0 Å². The molecule has 1 heterocycles. The Bertz CT molecular complexity index is 577. The first-order chi connectivity index (χ1) is 22.4. The molecular weight excluding hydrogens is 569 g/mol. The number of unbranched alkanes of at least 4 members (excludes halogenated alkanes) is 23. The first-order valence-electron chi connectivity index (χ1n) is 20.3. The minimum Gasteiger partial charge on any atom is -0.379 e. The molecule has 1 fully saturated rings. The summed E-state index contributed by atoms with van der Waals surface area (Å²) in [5.74, 6) is 1.30. The summed E-state index contributed by atoms with van der Waals surface area (Å²) in [6.45, 7) is 12.3. The number of allylic oxidation sites excluding steroid dienone is 4. The normalized spacial score (nSPS) is 14.6. The molecule has 0 N–H and O–H groups in total. The molecule has 1 rings (SSSR count). The molecule has 0 aromatic heterocycles. The Balaban J connectivity index is 2.03. The van der Waals surface area contributed by atoms with Crippen molar-refractivity contribution in [3.63, 3.8) is 0 Å². The van der Waals surface area contributed by atoms with Crippen LogP contribution in [0.1, 0.15) is 187 Å². The van der Waals surface area contributed by atoms with Crippen LogP contribution >= 0.6 is 11.9 Å². The molecule has 0 bridgehead atoms. The molecule has 0 atom stereocenters. The van der Waals surface area contributed by atoms with Crippen LogP contribution < -0.4 is 0 Å². The summed E-state index contributed by atoms with van der Waals surface area (Å²) in [4.78, 5) is 2.60. The Kier molecular flexibility index (Phi) is 34.7. The molecule has 1 saturated heterocycles. The summed E-state index contributed by atoms with van der Waals surface area (Å²) in [6.07, 6.45) is 47.2. The topological polar surface area (TPSA) is 15.7 Å². The predicted octanol–water partition coefficient (Wildman–Crippen LogP) is 13.0. The summed E-state index contributed by atoms with van der Waals surface area (Å²) in [7, 11) is 0. The van der Waals surface area contributed by atoms with Crippen LogP contribution in [0.4, 0.5) is 0 Å². The van der Waals surface area contributed by atoms with Gasteiger partial charge in [0.15, 0.2) is 0 Å². The maximum atomic E-state index is 5.57.